The van der Waals surface area contributed by atoms with Crippen LogP contribution >= 0.6 is 31.9 Å². The number of rotatable bonds is 4. The fourth-order valence-corrected chi connectivity index (χ4v) is 2.29. The van der Waals surface area contributed by atoms with Crippen molar-refractivity contribution in [2.75, 3.05) is 12.4 Å². The van der Waals surface area contributed by atoms with E-state index in [0.29, 0.717) is 6.54 Å². The molecule has 0 fully saturated rings. The first-order chi connectivity index (χ1) is 8.69. The van der Waals surface area contributed by atoms with Crippen molar-refractivity contribution in [2.45, 2.75) is 6.54 Å². The largest absolute Gasteiger partial charge is 0.495 e. The Morgan fingerprint density at radius 3 is 2.78 bits per heavy atom. The minimum atomic E-state index is 0.645. The highest BCUT2D eigenvalue weighted by Crippen LogP contribution is 2.28. The molecule has 1 heterocycles. The van der Waals surface area contributed by atoms with Crippen molar-refractivity contribution >= 4 is 37.5 Å². The molecule has 0 amide bonds. The second-order valence-electron chi connectivity index (χ2n) is 3.65. The monoisotopic (exact) mass is 370 g/mol. The number of nitrogens with zero attached hydrogens (tertiary/aromatic N) is 1. The fourth-order valence-electron chi connectivity index (χ4n) is 1.55. The summed E-state index contributed by atoms with van der Waals surface area (Å²) in [6, 6.07) is 11.7. The first-order valence-corrected chi connectivity index (χ1v) is 6.96. The molecule has 0 aliphatic carbocycles. The predicted molar refractivity (Wildman–Crippen MR) is 80.0 cm³/mol. The second kappa shape index (κ2) is 6.20. The summed E-state index contributed by atoms with van der Waals surface area (Å²) in [4.78, 5) is 4.37. The van der Waals surface area contributed by atoms with E-state index in [9.17, 15) is 0 Å². The Labute approximate surface area is 123 Å². The number of aromatic nitrogens is 1. The third kappa shape index (κ3) is 3.46. The normalized spacial score (nSPS) is 10.2. The minimum Gasteiger partial charge on any atom is -0.495 e. The molecular formula is C13H12Br2N2O. The summed E-state index contributed by atoms with van der Waals surface area (Å²) in [6.07, 6.45) is 0. The highest BCUT2D eigenvalue weighted by atomic mass is 79.9. The van der Waals surface area contributed by atoms with Gasteiger partial charge in [0.1, 0.15) is 10.4 Å². The second-order valence-corrected chi connectivity index (χ2v) is 5.38. The Kier molecular flexibility index (Phi) is 4.60. The van der Waals surface area contributed by atoms with Gasteiger partial charge in [-0.05, 0) is 46.3 Å². The van der Waals surface area contributed by atoms with Crippen molar-refractivity contribution in [3.8, 4) is 5.75 Å². The first kappa shape index (κ1) is 13.4. The van der Waals surface area contributed by atoms with Crippen LogP contribution in [0.4, 0.5) is 5.69 Å². The molecule has 18 heavy (non-hydrogen) atoms. The number of hydrogen-bond acceptors (Lipinski definition) is 3. The van der Waals surface area contributed by atoms with Crippen molar-refractivity contribution in [1.29, 1.82) is 0 Å². The number of methoxy groups -OCH3 is 1. The Hall–Kier alpha value is -1.07. The zero-order valence-corrected chi connectivity index (χ0v) is 13.0. The quantitative estimate of drug-likeness (QED) is 0.816. The summed E-state index contributed by atoms with van der Waals surface area (Å²) in [5, 5.41) is 3.31. The average Bonchev–Trinajstić information content (AvgIpc) is 2.37. The summed E-state index contributed by atoms with van der Waals surface area (Å²) in [6.45, 7) is 0.645. The molecule has 5 heteroatoms. The van der Waals surface area contributed by atoms with Crippen molar-refractivity contribution < 1.29 is 4.74 Å². The molecule has 1 aromatic heterocycles. The number of hydrogen-bond donors (Lipinski definition) is 1. The topological polar surface area (TPSA) is 34.1 Å². The van der Waals surface area contributed by atoms with Crippen molar-refractivity contribution in [3.05, 3.63) is 51.2 Å². The van der Waals surface area contributed by atoms with Crippen LogP contribution in [0.3, 0.4) is 0 Å². The highest BCUT2D eigenvalue weighted by Gasteiger charge is 2.03. The van der Waals surface area contributed by atoms with E-state index in [2.05, 4.69) is 42.2 Å². The van der Waals surface area contributed by atoms with Gasteiger partial charge in [-0.2, -0.15) is 0 Å². The molecule has 0 atom stereocenters. The molecule has 2 aromatic rings. The standard InChI is InChI=1S/C13H12Br2N2O/c1-18-12-6-5-9(14)7-11(12)16-8-10-3-2-4-13(15)17-10/h2-7,16H,8H2,1H3. The van der Waals surface area contributed by atoms with Gasteiger partial charge in [-0.15, -0.1) is 0 Å². The summed E-state index contributed by atoms with van der Waals surface area (Å²) < 4.78 is 7.14. The molecule has 1 N–H and O–H groups in total. The number of pyridine rings is 1. The number of halogens is 2. The van der Waals surface area contributed by atoms with Crippen molar-refractivity contribution in [1.82, 2.24) is 4.98 Å². The third-order valence-electron chi connectivity index (χ3n) is 2.39. The van der Waals surface area contributed by atoms with E-state index >= 15 is 0 Å². The molecule has 0 radical (unpaired) electrons. The van der Waals surface area contributed by atoms with E-state index in [1.807, 2.05) is 36.4 Å². The van der Waals surface area contributed by atoms with Crippen LogP contribution in [0.15, 0.2) is 45.5 Å². The Balaban J connectivity index is 2.12. The Morgan fingerprint density at radius 1 is 1.22 bits per heavy atom. The van der Waals surface area contributed by atoms with E-state index < -0.39 is 0 Å². The van der Waals surface area contributed by atoms with Gasteiger partial charge in [0.05, 0.1) is 25.0 Å². The lowest BCUT2D eigenvalue weighted by atomic mass is 10.2. The van der Waals surface area contributed by atoms with Crippen molar-refractivity contribution in [3.63, 3.8) is 0 Å². The van der Waals surface area contributed by atoms with Crippen LogP contribution < -0.4 is 10.1 Å². The molecule has 0 aliphatic rings. The highest BCUT2D eigenvalue weighted by molar-refractivity contribution is 9.10. The van der Waals surface area contributed by atoms with Gasteiger partial charge in [0, 0.05) is 4.47 Å². The Bertz CT molecular complexity index is 546. The van der Waals surface area contributed by atoms with E-state index in [-0.39, 0.29) is 0 Å². The van der Waals surface area contributed by atoms with Crippen LogP contribution in [0.25, 0.3) is 0 Å². The average molecular weight is 372 g/mol. The predicted octanol–water partition coefficient (Wildman–Crippen LogP) is 4.23. The van der Waals surface area contributed by atoms with E-state index in [4.69, 9.17) is 4.74 Å². The van der Waals surface area contributed by atoms with Gasteiger partial charge in [0.15, 0.2) is 0 Å². The molecular weight excluding hydrogens is 360 g/mol. The van der Waals surface area contributed by atoms with Crippen molar-refractivity contribution in [2.24, 2.45) is 0 Å². The summed E-state index contributed by atoms with van der Waals surface area (Å²) in [5.41, 5.74) is 1.90. The number of benzene rings is 1. The van der Waals surface area contributed by atoms with Gasteiger partial charge >= 0.3 is 0 Å². The fraction of sp³-hybridized carbons (Fsp3) is 0.154. The molecule has 0 bridgehead atoms. The zero-order chi connectivity index (χ0) is 13.0. The number of ether oxygens (including phenoxy) is 1. The number of anilines is 1. The summed E-state index contributed by atoms with van der Waals surface area (Å²) >= 11 is 6.80. The summed E-state index contributed by atoms with van der Waals surface area (Å²) in [5.74, 6) is 0.813. The first-order valence-electron chi connectivity index (χ1n) is 5.38. The molecule has 0 saturated heterocycles. The maximum atomic E-state index is 5.30. The molecule has 0 saturated carbocycles. The van der Waals surface area contributed by atoms with Crippen LogP contribution in [0.2, 0.25) is 0 Å². The van der Waals surface area contributed by atoms with E-state index in [1.165, 1.54) is 0 Å². The van der Waals surface area contributed by atoms with E-state index in [0.717, 1.165) is 26.2 Å². The van der Waals surface area contributed by atoms with Crippen LogP contribution in [0.1, 0.15) is 5.69 Å². The van der Waals surface area contributed by atoms with Gasteiger partial charge in [0.25, 0.3) is 0 Å². The zero-order valence-electron chi connectivity index (χ0n) is 9.78. The third-order valence-corrected chi connectivity index (χ3v) is 3.33. The smallest absolute Gasteiger partial charge is 0.142 e. The maximum absolute atomic E-state index is 5.30. The molecule has 0 unspecified atom stereocenters. The van der Waals surface area contributed by atoms with Crippen LogP contribution in [-0.2, 0) is 6.54 Å². The molecule has 0 spiro atoms. The minimum absolute atomic E-state index is 0.645. The van der Waals surface area contributed by atoms with Gasteiger partial charge < -0.3 is 10.1 Å². The Morgan fingerprint density at radius 2 is 2.06 bits per heavy atom. The molecule has 3 nitrogen and oxygen atoms in total. The van der Waals surface area contributed by atoms with Gasteiger partial charge in [-0.1, -0.05) is 22.0 Å². The van der Waals surface area contributed by atoms with Gasteiger partial charge in [-0.25, -0.2) is 4.98 Å². The van der Waals surface area contributed by atoms with Gasteiger partial charge in [0.2, 0.25) is 0 Å². The summed E-state index contributed by atoms with van der Waals surface area (Å²) in [7, 11) is 1.66. The lowest BCUT2D eigenvalue weighted by Gasteiger charge is -2.11. The van der Waals surface area contributed by atoms with Crippen LogP contribution in [-0.4, -0.2) is 12.1 Å². The lowest BCUT2D eigenvalue weighted by molar-refractivity contribution is 0.416. The van der Waals surface area contributed by atoms with Crippen LogP contribution in [0.5, 0.6) is 5.75 Å². The van der Waals surface area contributed by atoms with Gasteiger partial charge in [-0.3, -0.25) is 0 Å². The molecule has 1 aromatic carbocycles. The number of nitrogens with one attached hydrogen (secondary N) is 1. The molecule has 0 aliphatic heterocycles. The lowest BCUT2D eigenvalue weighted by Crippen LogP contribution is -2.03. The van der Waals surface area contributed by atoms with Crippen LogP contribution in [0, 0.1) is 0 Å². The molecule has 2 rings (SSSR count). The molecule has 94 valence electrons. The SMILES string of the molecule is COc1ccc(Br)cc1NCc1cccc(Br)n1. The maximum Gasteiger partial charge on any atom is 0.142 e. The van der Waals surface area contributed by atoms with E-state index in [1.54, 1.807) is 7.11 Å².